The van der Waals surface area contributed by atoms with E-state index in [0.29, 0.717) is 0 Å². The van der Waals surface area contributed by atoms with Crippen LogP contribution in [0.2, 0.25) is 0 Å². The number of ether oxygens (including phenoxy) is 1. The first-order valence-corrected chi connectivity index (χ1v) is 6.88. The third-order valence-corrected chi connectivity index (χ3v) is 4.03. The molecule has 1 fully saturated rings. The van der Waals surface area contributed by atoms with Crippen molar-refractivity contribution in [2.75, 3.05) is 7.11 Å². The summed E-state index contributed by atoms with van der Waals surface area (Å²) in [5.74, 6) is -0.224. The molecule has 0 N–H and O–H groups in total. The van der Waals surface area contributed by atoms with Crippen LogP contribution in [0.5, 0.6) is 0 Å². The molecule has 1 aromatic carbocycles. The Morgan fingerprint density at radius 3 is 2.63 bits per heavy atom. The molecule has 0 radical (unpaired) electrons. The predicted molar refractivity (Wildman–Crippen MR) is 77.6 cm³/mol. The Hall–Kier alpha value is -1.57. The Labute approximate surface area is 115 Å². The molecule has 0 spiro atoms. The highest BCUT2D eigenvalue weighted by atomic mass is 16.5. The molecule has 1 aliphatic carbocycles. The Morgan fingerprint density at radius 2 is 2.00 bits per heavy atom. The van der Waals surface area contributed by atoms with Gasteiger partial charge >= 0.3 is 5.97 Å². The summed E-state index contributed by atoms with van der Waals surface area (Å²) in [7, 11) is 1.48. The van der Waals surface area contributed by atoms with Gasteiger partial charge in [0.25, 0.3) is 0 Å². The van der Waals surface area contributed by atoms with Crippen molar-refractivity contribution in [3.63, 3.8) is 0 Å². The van der Waals surface area contributed by atoms with Crippen molar-refractivity contribution in [2.24, 2.45) is 11.3 Å². The van der Waals surface area contributed by atoms with Gasteiger partial charge in [-0.2, -0.15) is 0 Å². The maximum atomic E-state index is 12.1. The van der Waals surface area contributed by atoms with E-state index >= 15 is 0 Å². The van der Waals surface area contributed by atoms with Crippen LogP contribution < -0.4 is 0 Å². The molecule has 1 saturated carbocycles. The van der Waals surface area contributed by atoms with Crippen LogP contribution in [0.3, 0.4) is 0 Å². The van der Waals surface area contributed by atoms with Gasteiger partial charge in [-0.3, -0.25) is 4.79 Å². The molecule has 1 aromatic rings. The molecule has 0 saturated heterocycles. The third-order valence-electron chi connectivity index (χ3n) is 4.03. The van der Waals surface area contributed by atoms with E-state index in [1.807, 2.05) is 18.2 Å². The van der Waals surface area contributed by atoms with E-state index in [1.54, 1.807) is 0 Å². The highest BCUT2D eigenvalue weighted by Gasteiger charge is 2.40. The lowest BCUT2D eigenvalue weighted by Crippen LogP contribution is -2.36. The summed E-state index contributed by atoms with van der Waals surface area (Å²) >= 11 is 0. The molecule has 2 rings (SSSR count). The van der Waals surface area contributed by atoms with Gasteiger partial charge < -0.3 is 4.74 Å². The van der Waals surface area contributed by atoms with Gasteiger partial charge in [0.15, 0.2) is 0 Å². The van der Waals surface area contributed by atoms with Crippen LogP contribution in [0.25, 0.3) is 6.08 Å². The third kappa shape index (κ3) is 3.06. The number of carbonyl (C=O) groups is 1. The largest absolute Gasteiger partial charge is 0.469 e. The van der Waals surface area contributed by atoms with Gasteiger partial charge in [-0.15, -0.1) is 0 Å². The van der Waals surface area contributed by atoms with Crippen molar-refractivity contribution in [3.8, 4) is 0 Å². The molecule has 1 unspecified atom stereocenters. The van der Waals surface area contributed by atoms with Gasteiger partial charge in [0.05, 0.1) is 13.0 Å². The van der Waals surface area contributed by atoms with E-state index in [0.717, 1.165) is 24.8 Å². The number of hydrogen-bond donors (Lipinski definition) is 0. The average Bonchev–Trinajstić information content (AvgIpc) is 2.38. The lowest BCUT2D eigenvalue weighted by atomic mass is 9.66. The molecule has 2 heteroatoms. The lowest BCUT2D eigenvalue weighted by Gasteiger charge is -2.38. The van der Waals surface area contributed by atoms with Crippen LogP contribution in [0.4, 0.5) is 0 Å². The van der Waals surface area contributed by atoms with Crippen LogP contribution in [-0.4, -0.2) is 13.1 Å². The number of benzene rings is 1. The average molecular weight is 258 g/mol. The van der Waals surface area contributed by atoms with E-state index in [9.17, 15) is 4.79 Å². The second kappa shape index (κ2) is 5.60. The molecule has 2 nitrogen and oxygen atoms in total. The van der Waals surface area contributed by atoms with E-state index in [4.69, 9.17) is 4.74 Å². The zero-order chi connectivity index (χ0) is 13.9. The first-order chi connectivity index (χ1) is 9.04. The SMILES string of the molecule is COC(=O)C1C(=Cc2ccccc2)CCCC1(C)C. The fourth-order valence-corrected chi connectivity index (χ4v) is 3.05. The van der Waals surface area contributed by atoms with Gasteiger partial charge in [-0.05, 0) is 30.2 Å². The second-order valence-electron chi connectivity index (χ2n) is 5.93. The fraction of sp³-hybridized carbons (Fsp3) is 0.471. The minimum atomic E-state index is -0.119. The highest BCUT2D eigenvalue weighted by molar-refractivity contribution is 5.79. The maximum absolute atomic E-state index is 12.1. The van der Waals surface area contributed by atoms with Crippen LogP contribution in [0.1, 0.15) is 38.7 Å². The molecule has 19 heavy (non-hydrogen) atoms. The van der Waals surface area contributed by atoms with Gasteiger partial charge in [-0.1, -0.05) is 55.8 Å². The number of esters is 1. The van der Waals surface area contributed by atoms with Gasteiger partial charge in [0.2, 0.25) is 0 Å². The van der Waals surface area contributed by atoms with E-state index < -0.39 is 0 Å². The topological polar surface area (TPSA) is 26.3 Å². The summed E-state index contributed by atoms with van der Waals surface area (Å²) in [6.45, 7) is 4.32. The maximum Gasteiger partial charge on any atom is 0.313 e. The molecule has 102 valence electrons. The van der Waals surface area contributed by atoms with Crippen molar-refractivity contribution in [3.05, 3.63) is 41.5 Å². The summed E-state index contributed by atoms with van der Waals surface area (Å²) in [6, 6.07) is 10.2. The number of hydrogen-bond acceptors (Lipinski definition) is 2. The molecular weight excluding hydrogens is 236 g/mol. The number of rotatable bonds is 2. The summed E-state index contributed by atoms with van der Waals surface area (Å²) < 4.78 is 5.01. The lowest BCUT2D eigenvalue weighted by molar-refractivity contribution is -0.148. The van der Waals surface area contributed by atoms with Crippen LogP contribution >= 0.6 is 0 Å². The summed E-state index contributed by atoms with van der Waals surface area (Å²) in [4.78, 5) is 12.1. The number of methoxy groups -OCH3 is 1. The standard InChI is InChI=1S/C17H22O2/c1-17(2)11-7-10-14(15(17)16(18)19-3)12-13-8-5-4-6-9-13/h4-6,8-9,12,15H,7,10-11H2,1-3H3. The first-order valence-electron chi connectivity index (χ1n) is 6.88. The van der Waals surface area contributed by atoms with E-state index in [1.165, 1.54) is 12.7 Å². The smallest absolute Gasteiger partial charge is 0.313 e. The molecule has 0 aliphatic heterocycles. The van der Waals surface area contributed by atoms with Gasteiger partial charge in [0, 0.05) is 0 Å². The molecule has 0 bridgehead atoms. The summed E-state index contributed by atoms with van der Waals surface area (Å²) in [6.07, 6.45) is 5.35. The molecule has 1 aliphatic rings. The molecule has 1 atom stereocenters. The normalized spacial score (nSPS) is 24.2. The van der Waals surface area contributed by atoms with Crippen molar-refractivity contribution in [1.82, 2.24) is 0 Å². The highest BCUT2D eigenvalue weighted by Crippen LogP contribution is 2.44. The molecule has 0 heterocycles. The zero-order valence-corrected chi connectivity index (χ0v) is 12.0. The minimum absolute atomic E-state index is 0.0219. The fourth-order valence-electron chi connectivity index (χ4n) is 3.05. The quantitative estimate of drug-likeness (QED) is 0.747. The molecule has 0 aromatic heterocycles. The molecular formula is C17H22O2. The minimum Gasteiger partial charge on any atom is -0.469 e. The van der Waals surface area contributed by atoms with Crippen LogP contribution in [-0.2, 0) is 9.53 Å². The van der Waals surface area contributed by atoms with Crippen LogP contribution in [0, 0.1) is 11.3 Å². The van der Waals surface area contributed by atoms with E-state index in [2.05, 4.69) is 32.1 Å². The molecule has 0 amide bonds. The van der Waals surface area contributed by atoms with Gasteiger partial charge in [0.1, 0.15) is 0 Å². The Bertz CT molecular complexity index is 471. The van der Waals surface area contributed by atoms with E-state index in [-0.39, 0.29) is 17.3 Å². The summed E-state index contributed by atoms with van der Waals surface area (Å²) in [5.41, 5.74) is 2.34. The van der Waals surface area contributed by atoms with Crippen LogP contribution in [0.15, 0.2) is 35.9 Å². The summed E-state index contributed by atoms with van der Waals surface area (Å²) in [5, 5.41) is 0. The monoisotopic (exact) mass is 258 g/mol. The number of carbonyl (C=O) groups excluding carboxylic acids is 1. The van der Waals surface area contributed by atoms with Crippen molar-refractivity contribution in [2.45, 2.75) is 33.1 Å². The van der Waals surface area contributed by atoms with Gasteiger partial charge in [-0.25, -0.2) is 0 Å². The first kappa shape index (κ1) is 13.9. The van der Waals surface area contributed by atoms with Crippen molar-refractivity contribution >= 4 is 12.0 Å². The van der Waals surface area contributed by atoms with Crippen molar-refractivity contribution in [1.29, 1.82) is 0 Å². The Kier molecular flexibility index (Phi) is 4.08. The predicted octanol–water partition coefficient (Wildman–Crippen LogP) is 4.07. The zero-order valence-electron chi connectivity index (χ0n) is 12.0. The second-order valence-corrected chi connectivity index (χ2v) is 5.93. The van der Waals surface area contributed by atoms with Crippen molar-refractivity contribution < 1.29 is 9.53 Å². The Morgan fingerprint density at radius 1 is 1.32 bits per heavy atom. The Balaban J connectivity index is 2.36.